The van der Waals surface area contributed by atoms with Gasteiger partial charge in [0, 0.05) is 13.1 Å². The van der Waals surface area contributed by atoms with E-state index in [0.29, 0.717) is 11.3 Å². The molecule has 3 heteroatoms. The second-order valence-electron chi connectivity index (χ2n) is 5.38. The Morgan fingerprint density at radius 3 is 2.29 bits per heavy atom. The second kappa shape index (κ2) is 6.36. The summed E-state index contributed by atoms with van der Waals surface area (Å²) in [5.41, 5.74) is 0.390. The minimum absolute atomic E-state index is 0.390. The van der Waals surface area contributed by atoms with Crippen LogP contribution in [0.15, 0.2) is 12.3 Å². The van der Waals surface area contributed by atoms with Gasteiger partial charge in [-0.2, -0.15) is 8.78 Å². The normalized spacial score (nSPS) is 21.1. The van der Waals surface area contributed by atoms with Gasteiger partial charge in [-0.1, -0.05) is 33.6 Å². The van der Waals surface area contributed by atoms with E-state index in [0.717, 1.165) is 32.1 Å². The standard InChI is InChI=1S/C14H25F2N/c1-4-6-14(12(3)5-2)7-9-17(10-8-14)11-13(15)16/h11-12H,4-10H2,1-3H3. The number of likely N-dealkylation sites (tertiary alicyclic amines) is 1. The lowest BCUT2D eigenvalue weighted by Gasteiger charge is -2.45. The summed E-state index contributed by atoms with van der Waals surface area (Å²) in [7, 11) is 0. The van der Waals surface area contributed by atoms with Gasteiger partial charge in [0.25, 0.3) is 6.08 Å². The van der Waals surface area contributed by atoms with Crippen molar-refractivity contribution in [3.05, 3.63) is 12.3 Å². The highest BCUT2D eigenvalue weighted by molar-refractivity contribution is 4.93. The van der Waals surface area contributed by atoms with E-state index in [4.69, 9.17) is 0 Å². The molecule has 0 N–H and O–H groups in total. The Hall–Kier alpha value is -0.600. The average molecular weight is 245 g/mol. The molecular weight excluding hydrogens is 220 g/mol. The second-order valence-corrected chi connectivity index (χ2v) is 5.38. The Balaban J connectivity index is 2.64. The Morgan fingerprint density at radius 2 is 1.88 bits per heavy atom. The molecule has 1 aliphatic heterocycles. The van der Waals surface area contributed by atoms with Crippen molar-refractivity contribution in [2.75, 3.05) is 13.1 Å². The van der Waals surface area contributed by atoms with Crippen LogP contribution in [0.2, 0.25) is 0 Å². The SMILES string of the molecule is CCCC1(C(C)CC)CCN(C=C(F)F)CC1. The Kier molecular flexibility index (Phi) is 5.41. The van der Waals surface area contributed by atoms with E-state index in [2.05, 4.69) is 20.8 Å². The lowest BCUT2D eigenvalue weighted by Crippen LogP contribution is -2.41. The maximum absolute atomic E-state index is 12.2. The third-order valence-corrected chi connectivity index (χ3v) is 4.48. The quantitative estimate of drug-likeness (QED) is 0.681. The number of hydrogen-bond acceptors (Lipinski definition) is 1. The van der Waals surface area contributed by atoms with E-state index in [1.54, 1.807) is 4.90 Å². The van der Waals surface area contributed by atoms with Gasteiger partial charge in [0.2, 0.25) is 0 Å². The highest BCUT2D eigenvalue weighted by Gasteiger charge is 2.37. The summed E-state index contributed by atoms with van der Waals surface area (Å²) in [5, 5.41) is 0. The molecule has 1 aliphatic rings. The van der Waals surface area contributed by atoms with E-state index in [-0.39, 0.29) is 0 Å². The summed E-state index contributed by atoms with van der Waals surface area (Å²) in [6, 6.07) is 0. The Morgan fingerprint density at radius 1 is 1.29 bits per heavy atom. The number of rotatable bonds is 5. The molecule has 0 bridgehead atoms. The maximum atomic E-state index is 12.2. The lowest BCUT2D eigenvalue weighted by atomic mass is 9.66. The molecule has 0 aromatic heterocycles. The lowest BCUT2D eigenvalue weighted by molar-refractivity contribution is 0.0601. The van der Waals surface area contributed by atoms with Gasteiger partial charge in [0.05, 0.1) is 6.20 Å². The van der Waals surface area contributed by atoms with E-state index in [1.807, 2.05) is 0 Å². The molecule has 0 saturated carbocycles. The van der Waals surface area contributed by atoms with Crippen LogP contribution in [0.25, 0.3) is 0 Å². The van der Waals surface area contributed by atoms with Crippen LogP contribution in [0, 0.1) is 11.3 Å². The van der Waals surface area contributed by atoms with Crippen molar-refractivity contribution in [3.63, 3.8) is 0 Å². The van der Waals surface area contributed by atoms with Crippen molar-refractivity contribution in [3.8, 4) is 0 Å². The largest absolute Gasteiger partial charge is 0.373 e. The Labute approximate surface area is 104 Å². The monoisotopic (exact) mass is 245 g/mol. The predicted molar refractivity (Wildman–Crippen MR) is 67.9 cm³/mol. The topological polar surface area (TPSA) is 3.24 Å². The molecule has 1 atom stereocenters. The van der Waals surface area contributed by atoms with Gasteiger partial charge in [0.15, 0.2) is 0 Å². The first-order valence-corrected chi connectivity index (χ1v) is 6.81. The van der Waals surface area contributed by atoms with E-state index in [1.165, 1.54) is 19.3 Å². The van der Waals surface area contributed by atoms with Gasteiger partial charge in [-0.15, -0.1) is 0 Å². The summed E-state index contributed by atoms with van der Waals surface area (Å²) < 4.78 is 24.4. The molecule has 1 nitrogen and oxygen atoms in total. The summed E-state index contributed by atoms with van der Waals surface area (Å²) in [6.07, 6.45) is 5.16. The summed E-state index contributed by atoms with van der Waals surface area (Å²) >= 11 is 0. The molecule has 1 saturated heterocycles. The first kappa shape index (κ1) is 14.5. The predicted octanol–water partition coefficient (Wildman–Crippen LogP) is 4.65. The van der Waals surface area contributed by atoms with Gasteiger partial charge in [0.1, 0.15) is 0 Å². The van der Waals surface area contributed by atoms with Crippen LogP contribution < -0.4 is 0 Å². The minimum Gasteiger partial charge on any atom is -0.373 e. The third kappa shape index (κ3) is 3.68. The molecule has 1 fully saturated rings. The smallest absolute Gasteiger partial charge is 0.286 e. The highest BCUT2D eigenvalue weighted by atomic mass is 19.3. The van der Waals surface area contributed by atoms with Gasteiger partial charge < -0.3 is 4.90 Å². The zero-order chi connectivity index (χ0) is 12.9. The van der Waals surface area contributed by atoms with Crippen molar-refractivity contribution in [2.45, 2.75) is 52.9 Å². The van der Waals surface area contributed by atoms with E-state index < -0.39 is 6.08 Å². The molecule has 0 amide bonds. The molecule has 1 heterocycles. The van der Waals surface area contributed by atoms with E-state index >= 15 is 0 Å². The van der Waals surface area contributed by atoms with Crippen LogP contribution >= 0.6 is 0 Å². The molecule has 17 heavy (non-hydrogen) atoms. The molecule has 0 aromatic rings. The fraction of sp³-hybridized carbons (Fsp3) is 0.857. The number of hydrogen-bond donors (Lipinski definition) is 0. The van der Waals surface area contributed by atoms with E-state index in [9.17, 15) is 8.78 Å². The molecule has 100 valence electrons. The van der Waals surface area contributed by atoms with Crippen molar-refractivity contribution < 1.29 is 8.78 Å². The zero-order valence-electron chi connectivity index (χ0n) is 11.3. The molecule has 0 aromatic carbocycles. The summed E-state index contributed by atoms with van der Waals surface area (Å²) in [5.74, 6) is 0.698. The first-order valence-electron chi connectivity index (χ1n) is 6.81. The van der Waals surface area contributed by atoms with Crippen LogP contribution in [-0.2, 0) is 0 Å². The van der Waals surface area contributed by atoms with Crippen LogP contribution in [0.1, 0.15) is 52.9 Å². The third-order valence-electron chi connectivity index (χ3n) is 4.48. The maximum Gasteiger partial charge on any atom is 0.286 e. The van der Waals surface area contributed by atoms with Crippen molar-refractivity contribution in [1.29, 1.82) is 0 Å². The average Bonchev–Trinajstić information content (AvgIpc) is 2.30. The van der Waals surface area contributed by atoms with Crippen LogP contribution in [-0.4, -0.2) is 18.0 Å². The van der Waals surface area contributed by atoms with Crippen molar-refractivity contribution in [2.24, 2.45) is 11.3 Å². The number of piperidine rings is 1. The molecular formula is C14H25F2N. The highest BCUT2D eigenvalue weighted by Crippen LogP contribution is 2.44. The van der Waals surface area contributed by atoms with Crippen molar-refractivity contribution in [1.82, 2.24) is 4.90 Å². The minimum atomic E-state index is -1.57. The summed E-state index contributed by atoms with van der Waals surface area (Å²) in [4.78, 5) is 1.77. The first-order chi connectivity index (χ1) is 8.04. The molecule has 0 radical (unpaired) electrons. The van der Waals surface area contributed by atoms with Crippen LogP contribution in [0.4, 0.5) is 8.78 Å². The molecule has 0 spiro atoms. The van der Waals surface area contributed by atoms with Gasteiger partial charge in [-0.3, -0.25) is 0 Å². The van der Waals surface area contributed by atoms with Crippen LogP contribution in [0.5, 0.6) is 0 Å². The van der Waals surface area contributed by atoms with Gasteiger partial charge >= 0.3 is 0 Å². The fourth-order valence-corrected chi connectivity index (χ4v) is 3.16. The fourth-order valence-electron chi connectivity index (χ4n) is 3.16. The molecule has 1 rings (SSSR count). The molecule has 0 aliphatic carbocycles. The molecule has 1 unspecified atom stereocenters. The van der Waals surface area contributed by atoms with Gasteiger partial charge in [-0.25, -0.2) is 0 Å². The number of nitrogens with zero attached hydrogens (tertiary/aromatic N) is 1. The Bertz CT molecular complexity index is 251. The number of halogens is 2. The van der Waals surface area contributed by atoms with Gasteiger partial charge in [-0.05, 0) is 30.6 Å². The van der Waals surface area contributed by atoms with Crippen LogP contribution in [0.3, 0.4) is 0 Å². The zero-order valence-corrected chi connectivity index (χ0v) is 11.3. The summed E-state index contributed by atoms with van der Waals surface area (Å²) in [6.45, 7) is 8.33. The van der Waals surface area contributed by atoms with Crippen molar-refractivity contribution >= 4 is 0 Å².